The summed E-state index contributed by atoms with van der Waals surface area (Å²) in [6.45, 7) is 0. The van der Waals surface area contributed by atoms with Crippen LogP contribution in [-0.4, -0.2) is 11.2 Å². The molecule has 13 heavy (non-hydrogen) atoms. The summed E-state index contributed by atoms with van der Waals surface area (Å²) in [5, 5.41) is 10.2. The molecule has 1 heteroatoms. The zero-order valence-electron chi connectivity index (χ0n) is 7.76. The molecule has 5 rings (SSSR count). The minimum absolute atomic E-state index is 0.135. The van der Waals surface area contributed by atoms with Crippen molar-refractivity contribution >= 4 is 0 Å². The fourth-order valence-electron chi connectivity index (χ4n) is 6.79. The smallest absolute Gasteiger partial charge is 0.0605 e. The van der Waals surface area contributed by atoms with E-state index < -0.39 is 0 Å². The van der Waals surface area contributed by atoms with Crippen molar-refractivity contribution in [3.8, 4) is 0 Å². The van der Waals surface area contributed by atoms with Crippen molar-refractivity contribution in [3.63, 3.8) is 0 Å². The predicted molar refractivity (Wildman–Crippen MR) is 47.8 cm³/mol. The first-order valence-corrected chi connectivity index (χ1v) is 6.06. The van der Waals surface area contributed by atoms with Crippen LogP contribution < -0.4 is 0 Å². The van der Waals surface area contributed by atoms with Crippen LogP contribution in [0.3, 0.4) is 0 Å². The maximum Gasteiger partial charge on any atom is 0.0605 e. The van der Waals surface area contributed by atoms with Gasteiger partial charge in [-0.25, -0.2) is 0 Å². The number of hydrogen-bond acceptors (Lipinski definition) is 1. The molecular formula is C12H16O. The van der Waals surface area contributed by atoms with Crippen molar-refractivity contribution in [2.24, 2.45) is 47.3 Å². The Hall–Kier alpha value is -0.0400. The predicted octanol–water partition coefficient (Wildman–Crippen LogP) is 1.52. The van der Waals surface area contributed by atoms with E-state index in [1.54, 1.807) is 0 Å². The summed E-state index contributed by atoms with van der Waals surface area (Å²) in [6, 6.07) is 0. The number of hydrogen-bond donors (Lipinski definition) is 1. The van der Waals surface area contributed by atoms with Gasteiger partial charge in [0.1, 0.15) is 0 Å². The van der Waals surface area contributed by atoms with Crippen molar-refractivity contribution < 1.29 is 5.11 Å². The summed E-state index contributed by atoms with van der Waals surface area (Å²) in [7, 11) is 0. The minimum Gasteiger partial charge on any atom is -0.393 e. The van der Waals surface area contributed by atoms with E-state index in [4.69, 9.17) is 0 Å². The van der Waals surface area contributed by atoms with Gasteiger partial charge in [0.25, 0.3) is 0 Å². The Labute approximate surface area is 78.5 Å². The van der Waals surface area contributed by atoms with E-state index in [2.05, 4.69) is 0 Å². The molecule has 1 nitrogen and oxygen atoms in total. The van der Waals surface area contributed by atoms with Crippen LogP contribution in [0.25, 0.3) is 0 Å². The molecule has 70 valence electrons. The van der Waals surface area contributed by atoms with Crippen molar-refractivity contribution in [1.29, 1.82) is 0 Å². The van der Waals surface area contributed by atoms with Crippen molar-refractivity contribution in [2.75, 3.05) is 0 Å². The van der Waals surface area contributed by atoms with E-state index in [-0.39, 0.29) is 6.10 Å². The molecule has 0 aliphatic heterocycles. The summed E-state index contributed by atoms with van der Waals surface area (Å²) in [5.74, 6) is 7.75. The fourth-order valence-corrected chi connectivity index (χ4v) is 6.79. The standard InChI is InChI=1S/C12H16O/c13-12-7-3-6-9-4-1-2-5(10(7)9)8(4)11(6)12/h4-13H,1-3H2/t4-,5-,6-,7+,8-,9-,10-,11-,12-/m1/s1. The van der Waals surface area contributed by atoms with E-state index >= 15 is 0 Å². The van der Waals surface area contributed by atoms with Crippen LogP contribution in [0.5, 0.6) is 0 Å². The van der Waals surface area contributed by atoms with Gasteiger partial charge in [-0.05, 0) is 66.6 Å². The number of rotatable bonds is 0. The first kappa shape index (κ1) is 6.44. The molecule has 5 aliphatic carbocycles. The molecule has 0 aromatic rings. The lowest BCUT2D eigenvalue weighted by Crippen LogP contribution is -2.45. The molecule has 0 amide bonds. The first-order chi connectivity index (χ1) is 6.38. The Morgan fingerprint density at radius 2 is 1.31 bits per heavy atom. The molecule has 0 saturated heterocycles. The zero-order chi connectivity index (χ0) is 8.32. The first-order valence-electron chi connectivity index (χ1n) is 6.06. The molecule has 1 N–H and O–H groups in total. The van der Waals surface area contributed by atoms with Gasteiger partial charge in [-0.3, -0.25) is 0 Å². The van der Waals surface area contributed by atoms with Gasteiger partial charge in [0.2, 0.25) is 0 Å². The molecule has 5 aliphatic rings. The second-order valence-corrected chi connectivity index (χ2v) is 6.27. The largest absolute Gasteiger partial charge is 0.393 e. The fraction of sp³-hybridized carbons (Fsp3) is 1.00. The number of aliphatic hydroxyl groups excluding tert-OH is 1. The highest BCUT2D eigenvalue weighted by molar-refractivity contribution is 5.25. The molecule has 6 bridgehead atoms. The van der Waals surface area contributed by atoms with Crippen LogP contribution in [0.2, 0.25) is 0 Å². The number of fused-ring (bicyclic) bond motifs is 3. The second-order valence-electron chi connectivity index (χ2n) is 6.27. The van der Waals surface area contributed by atoms with Crippen LogP contribution in [-0.2, 0) is 0 Å². The molecule has 0 unspecified atom stereocenters. The molecule has 0 aromatic heterocycles. The summed E-state index contributed by atoms with van der Waals surface area (Å²) in [6.07, 6.45) is 4.58. The maximum atomic E-state index is 10.2. The SMILES string of the molecule is O[C@@H]1[C@H]2C[C@@H]3[C@H]4[C@@H]5CC[C@@H]([C@H]24)[C@@H]5[C@H]13. The third kappa shape index (κ3) is 0.423. The molecule has 0 spiro atoms. The average Bonchev–Trinajstić information content (AvgIpc) is 2.77. The topological polar surface area (TPSA) is 20.2 Å². The van der Waals surface area contributed by atoms with E-state index in [0.717, 1.165) is 47.3 Å². The van der Waals surface area contributed by atoms with Crippen LogP contribution in [0.1, 0.15) is 19.3 Å². The Morgan fingerprint density at radius 1 is 0.692 bits per heavy atom. The summed E-state index contributed by atoms with van der Waals surface area (Å²) >= 11 is 0. The van der Waals surface area contributed by atoms with Gasteiger partial charge < -0.3 is 5.11 Å². The van der Waals surface area contributed by atoms with Crippen molar-refractivity contribution in [1.82, 2.24) is 0 Å². The molecule has 5 fully saturated rings. The molecule has 0 aromatic carbocycles. The Kier molecular flexibility index (Phi) is 0.793. The molecular weight excluding hydrogens is 160 g/mol. The molecule has 0 heterocycles. The van der Waals surface area contributed by atoms with Gasteiger partial charge >= 0.3 is 0 Å². The van der Waals surface area contributed by atoms with Gasteiger partial charge in [-0.2, -0.15) is 0 Å². The van der Waals surface area contributed by atoms with Gasteiger partial charge in [0, 0.05) is 0 Å². The Balaban J connectivity index is 1.80. The highest BCUT2D eigenvalue weighted by Gasteiger charge is 2.77. The van der Waals surface area contributed by atoms with Gasteiger partial charge in [-0.15, -0.1) is 0 Å². The lowest BCUT2D eigenvalue weighted by molar-refractivity contribution is -0.0519. The molecule has 0 radical (unpaired) electrons. The summed E-state index contributed by atoms with van der Waals surface area (Å²) < 4.78 is 0. The van der Waals surface area contributed by atoms with Gasteiger partial charge in [0.15, 0.2) is 0 Å². The number of aliphatic hydroxyl groups is 1. The quantitative estimate of drug-likeness (QED) is 0.593. The monoisotopic (exact) mass is 176 g/mol. The molecule has 9 atom stereocenters. The minimum atomic E-state index is 0.135. The second kappa shape index (κ2) is 1.60. The summed E-state index contributed by atoms with van der Waals surface area (Å²) in [5.41, 5.74) is 0. The zero-order valence-corrected chi connectivity index (χ0v) is 7.76. The van der Waals surface area contributed by atoms with Crippen LogP contribution in [0, 0.1) is 47.3 Å². The van der Waals surface area contributed by atoms with Crippen molar-refractivity contribution in [3.05, 3.63) is 0 Å². The van der Waals surface area contributed by atoms with Gasteiger partial charge in [0.05, 0.1) is 6.10 Å². The lowest BCUT2D eigenvalue weighted by Gasteiger charge is -2.44. The lowest BCUT2D eigenvalue weighted by atomic mass is 9.62. The average molecular weight is 176 g/mol. The van der Waals surface area contributed by atoms with Gasteiger partial charge in [-0.1, -0.05) is 0 Å². The van der Waals surface area contributed by atoms with Crippen LogP contribution >= 0.6 is 0 Å². The maximum absolute atomic E-state index is 10.2. The Bertz CT molecular complexity index is 278. The van der Waals surface area contributed by atoms with E-state index in [0.29, 0.717) is 0 Å². The third-order valence-electron chi connectivity index (χ3n) is 6.56. The summed E-state index contributed by atoms with van der Waals surface area (Å²) in [4.78, 5) is 0. The van der Waals surface area contributed by atoms with E-state index in [1.807, 2.05) is 0 Å². The van der Waals surface area contributed by atoms with Crippen LogP contribution in [0.4, 0.5) is 0 Å². The van der Waals surface area contributed by atoms with E-state index in [9.17, 15) is 5.11 Å². The third-order valence-corrected chi connectivity index (χ3v) is 6.56. The van der Waals surface area contributed by atoms with Crippen molar-refractivity contribution in [2.45, 2.75) is 25.4 Å². The highest BCUT2D eigenvalue weighted by Crippen LogP contribution is 2.80. The Morgan fingerprint density at radius 3 is 2.08 bits per heavy atom. The normalized spacial score (nSPS) is 80.5. The molecule has 5 saturated carbocycles. The highest BCUT2D eigenvalue weighted by atomic mass is 16.3. The van der Waals surface area contributed by atoms with Crippen LogP contribution in [0.15, 0.2) is 0 Å². The van der Waals surface area contributed by atoms with E-state index in [1.165, 1.54) is 19.3 Å².